The van der Waals surface area contributed by atoms with Crippen molar-refractivity contribution in [3.63, 3.8) is 0 Å². The number of carbonyl (C=O) groups is 1. The molecule has 2 N–H and O–H groups in total. The molecule has 0 bridgehead atoms. The Hall–Kier alpha value is -1.43. The molecular formula is C20H33N3O2. The molecule has 1 heterocycles. The van der Waals surface area contributed by atoms with E-state index < -0.39 is 0 Å². The average molecular weight is 348 g/mol. The van der Waals surface area contributed by atoms with Crippen LogP contribution < -0.4 is 5.32 Å². The van der Waals surface area contributed by atoms with Gasteiger partial charge in [-0.3, -0.25) is 14.6 Å². The molecule has 1 aromatic rings. The van der Waals surface area contributed by atoms with Gasteiger partial charge in [0.05, 0.1) is 12.1 Å². The summed E-state index contributed by atoms with van der Waals surface area (Å²) in [6, 6.07) is 8.41. The van der Waals surface area contributed by atoms with E-state index in [1.165, 1.54) is 5.56 Å². The Labute approximate surface area is 152 Å². The Kier molecular flexibility index (Phi) is 7.41. The van der Waals surface area contributed by atoms with E-state index in [0.29, 0.717) is 19.1 Å². The molecule has 5 heteroatoms. The van der Waals surface area contributed by atoms with Gasteiger partial charge in [-0.05, 0) is 38.3 Å². The van der Waals surface area contributed by atoms with E-state index in [9.17, 15) is 9.90 Å². The number of nitrogens with one attached hydrogen (secondary N) is 1. The molecule has 0 saturated carbocycles. The number of benzene rings is 1. The van der Waals surface area contributed by atoms with Crippen LogP contribution in [0.3, 0.4) is 0 Å². The van der Waals surface area contributed by atoms with Crippen LogP contribution in [0, 0.1) is 6.92 Å². The molecule has 1 fully saturated rings. The van der Waals surface area contributed by atoms with Crippen LogP contribution in [0.2, 0.25) is 0 Å². The molecule has 0 unspecified atom stereocenters. The Bertz CT molecular complexity index is 562. The summed E-state index contributed by atoms with van der Waals surface area (Å²) in [5, 5.41) is 12.7. The average Bonchev–Trinajstić information content (AvgIpc) is 2.60. The lowest BCUT2D eigenvalue weighted by atomic mass is 10.1. The molecule has 1 saturated heterocycles. The van der Waals surface area contributed by atoms with Crippen molar-refractivity contribution < 1.29 is 9.90 Å². The first-order chi connectivity index (χ1) is 11.9. The van der Waals surface area contributed by atoms with Crippen LogP contribution in [0.1, 0.15) is 38.3 Å². The molecule has 1 amide bonds. The maximum Gasteiger partial charge on any atom is 0.237 e. The molecule has 5 nitrogen and oxygen atoms in total. The van der Waals surface area contributed by atoms with E-state index in [0.717, 1.165) is 31.6 Å². The van der Waals surface area contributed by atoms with E-state index in [1.54, 1.807) is 0 Å². The number of hydrogen-bond donors (Lipinski definition) is 2. The molecule has 0 radical (unpaired) electrons. The summed E-state index contributed by atoms with van der Waals surface area (Å²) >= 11 is 0. The predicted octanol–water partition coefficient (Wildman–Crippen LogP) is 1.78. The number of aliphatic hydroxyl groups excluding tert-OH is 1. The summed E-state index contributed by atoms with van der Waals surface area (Å²) in [5.41, 5.74) is 2.37. The number of amides is 1. The minimum Gasteiger partial charge on any atom is -0.392 e. The van der Waals surface area contributed by atoms with Crippen molar-refractivity contribution in [3.05, 3.63) is 35.4 Å². The number of aliphatic hydroxyl groups is 1. The fraction of sp³-hybridized carbons (Fsp3) is 0.650. The number of hydrogen-bond acceptors (Lipinski definition) is 4. The Morgan fingerprint density at radius 2 is 2.04 bits per heavy atom. The van der Waals surface area contributed by atoms with E-state index >= 15 is 0 Å². The Morgan fingerprint density at radius 1 is 1.32 bits per heavy atom. The zero-order valence-corrected chi connectivity index (χ0v) is 16.0. The van der Waals surface area contributed by atoms with Crippen LogP contribution in [-0.2, 0) is 11.3 Å². The van der Waals surface area contributed by atoms with Crippen LogP contribution in [-0.4, -0.2) is 65.2 Å². The zero-order valence-electron chi connectivity index (χ0n) is 16.0. The third-order valence-electron chi connectivity index (χ3n) is 5.25. The summed E-state index contributed by atoms with van der Waals surface area (Å²) in [5.74, 6) is 0.0853. The summed E-state index contributed by atoms with van der Waals surface area (Å²) < 4.78 is 0. The SMILES string of the molecule is CC[C@@H]1CN([C@H](C)C(=O)NCc2ccccc2C)CCN1C[C@@H](C)O. The monoisotopic (exact) mass is 347 g/mol. The molecule has 1 aliphatic heterocycles. The fourth-order valence-electron chi connectivity index (χ4n) is 3.54. The molecule has 25 heavy (non-hydrogen) atoms. The molecule has 0 aliphatic carbocycles. The minimum atomic E-state index is -0.310. The van der Waals surface area contributed by atoms with Gasteiger partial charge in [0.25, 0.3) is 0 Å². The normalized spacial score (nSPS) is 21.7. The van der Waals surface area contributed by atoms with Crippen LogP contribution in [0.15, 0.2) is 24.3 Å². The number of carbonyl (C=O) groups excluding carboxylic acids is 1. The Morgan fingerprint density at radius 3 is 2.68 bits per heavy atom. The van der Waals surface area contributed by atoms with Gasteiger partial charge in [0, 0.05) is 38.8 Å². The maximum atomic E-state index is 12.6. The molecule has 3 atom stereocenters. The van der Waals surface area contributed by atoms with Crippen molar-refractivity contribution in [1.82, 2.24) is 15.1 Å². The molecule has 1 aliphatic rings. The lowest BCUT2D eigenvalue weighted by Gasteiger charge is -2.43. The highest BCUT2D eigenvalue weighted by Gasteiger charge is 2.31. The summed E-state index contributed by atoms with van der Waals surface area (Å²) in [7, 11) is 0. The van der Waals surface area contributed by atoms with Gasteiger partial charge in [-0.1, -0.05) is 31.2 Å². The first kappa shape index (κ1) is 19.9. The van der Waals surface area contributed by atoms with Crippen molar-refractivity contribution >= 4 is 5.91 Å². The number of aryl methyl sites for hydroxylation is 1. The van der Waals surface area contributed by atoms with Gasteiger partial charge >= 0.3 is 0 Å². The molecular weight excluding hydrogens is 314 g/mol. The quantitative estimate of drug-likeness (QED) is 0.789. The van der Waals surface area contributed by atoms with Gasteiger partial charge in [0.1, 0.15) is 0 Å². The van der Waals surface area contributed by atoms with Gasteiger partial charge in [0.15, 0.2) is 0 Å². The predicted molar refractivity (Wildman–Crippen MR) is 101 cm³/mol. The molecule has 2 rings (SSSR count). The van der Waals surface area contributed by atoms with E-state index in [1.807, 2.05) is 26.0 Å². The van der Waals surface area contributed by atoms with Gasteiger partial charge < -0.3 is 10.4 Å². The molecule has 140 valence electrons. The summed E-state index contributed by atoms with van der Waals surface area (Å²) in [6.07, 6.45) is 0.719. The van der Waals surface area contributed by atoms with Crippen molar-refractivity contribution in [3.8, 4) is 0 Å². The second kappa shape index (κ2) is 9.32. The first-order valence-corrected chi connectivity index (χ1v) is 9.40. The van der Waals surface area contributed by atoms with Crippen molar-refractivity contribution in [2.45, 2.75) is 58.8 Å². The van der Waals surface area contributed by atoms with E-state index in [2.05, 4.69) is 41.1 Å². The van der Waals surface area contributed by atoms with Crippen molar-refractivity contribution in [2.24, 2.45) is 0 Å². The summed E-state index contributed by atoms with van der Waals surface area (Å²) in [4.78, 5) is 17.2. The second-order valence-corrected chi connectivity index (χ2v) is 7.22. The third-order valence-corrected chi connectivity index (χ3v) is 5.25. The highest BCUT2D eigenvalue weighted by atomic mass is 16.3. The molecule has 1 aromatic carbocycles. The van der Waals surface area contributed by atoms with Crippen LogP contribution in [0.5, 0.6) is 0 Å². The standard InChI is InChI=1S/C20H33N3O2/c1-5-19-14-22(10-11-23(19)13-16(3)24)17(4)20(25)21-12-18-9-7-6-8-15(18)2/h6-9,16-17,19,24H,5,10-14H2,1-4H3,(H,21,25)/t16-,17-,19-/m1/s1. The number of rotatable bonds is 7. The van der Waals surface area contributed by atoms with Crippen LogP contribution in [0.25, 0.3) is 0 Å². The number of β-amino-alcohol motifs (C(OH)–C–C–N with tert-alkyl or cyclic N) is 1. The van der Waals surface area contributed by atoms with Crippen molar-refractivity contribution in [2.75, 3.05) is 26.2 Å². The van der Waals surface area contributed by atoms with Gasteiger partial charge in [-0.25, -0.2) is 0 Å². The zero-order chi connectivity index (χ0) is 18.4. The van der Waals surface area contributed by atoms with Crippen molar-refractivity contribution in [1.29, 1.82) is 0 Å². The fourth-order valence-corrected chi connectivity index (χ4v) is 3.54. The Balaban J connectivity index is 1.88. The lowest BCUT2D eigenvalue weighted by Crippen LogP contribution is -2.58. The van der Waals surface area contributed by atoms with E-state index in [-0.39, 0.29) is 18.1 Å². The topological polar surface area (TPSA) is 55.8 Å². The first-order valence-electron chi connectivity index (χ1n) is 9.40. The largest absolute Gasteiger partial charge is 0.392 e. The molecule has 0 aromatic heterocycles. The second-order valence-electron chi connectivity index (χ2n) is 7.22. The smallest absolute Gasteiger partial charge is 0.237 e. The number of nitrogens with zero attached hydrogens (tertiary/aromatic N) is 2. The van der Waals surface area contributed by atoms with Gasteiger partial charge in [-0.2, -0.15) is 0 Å². The van der Waals surface area contributed by atoms with Crippen LogP contribution >= 0.6 is 0 Å². The van der Waals surface area contributed by atoms with Gasteiger partial charge in [0.2, 0.25) is 5.91 Å². The third kappa shape index (κ3) is 5.53. The summed E-state index contributed by atoms with van der Waals surface area (Å²) in [6.45, 7) is 12.0. The minimum absolute atomic E-state index is 0.0853. The molecule has 0 spiro atoms. The highest BCUT2D eigenvalue weighted by molar-refractivity contribution is 5.81. The number of piperazine rings is 1. The van der Waals surface area contributed by atoms with Crippen LogP contribution in [0.4, 0.5) is 0 Å². The maximum absolute atomic E-state index is 12.6. The van der Waals surface area contributed by atoms with Gasteiger partial charge in [-0.15, -0.1) is 0 Å². The van der Waals surface area contributed by atoms with E-state index in [4.69, 9.17) is 0 Å². The lowest BCUT2D eigenvalue weighted by molar-refractivity contribution is -0.127. The highest BCUT2D eigenvalue weighted by Crippen LogP contribution is 2.16.